The minimum Gasteiger partial charge on any atom is -0.339 e. The number of nitrogens with zero attached hydrogens (tertiary/aromatic N) is 5. The molecule has 6 nitrogen and oxygen atoms in total. The molecule has 0 N–H and O–H groups in total. The van der Waals surface area contributed by atoms with Crippen LogP contribution in [-0.2, 0) is 17.9 Å². The van der Waals surface area contributed by atoms with Crippen molar-refractivity contribution in [2.24, 2.45) is 0 Å². The molecule has 24 heavy (non-hydrogen) atoms. The van der Waals surface area contributed by atoms with Crippen LogP contribution in [0.3, 0.4) is 0 Å². The molecule has 1 aromatic carbocycles. The molecule has 3 aromatic rings. The predicted molar refractivity (Wildman–Crippen MR) is 96.5 cm³/mol. The number of carbonyl (C=O) groups excluding carboxylic acids is 1. The van der Waals surface area contributed by atoms with E-state index in [4.69, 9.17) is 0 Å². The zero-order chi connectivity index (χ0) is 17.1. The highest BCUT2D eigenvalue weighted by molar-refractivity contribution is 9.10. The Balaban J connectivity index is 1.67. The van der Waals surface area contributed by atoms with Gasteiger partial charge in [-0.1, -0.05) is 28.1 Å². The first-order valence-electron chi connectivity index (χ1n) is 7.34. The Bertz CT molecular complexity index is 860. The minimum absolute atomic E-state index is 0.0566. The summed E-state index contributed by atoms with van der Waals surface area (Å²) in [6.07, 6.45) is 0. The summed E-state index contributed by atoms with van der Waals surface area (Å²) >= 11 is 5.12. The van der Waals surface area contributed by atoms with E-state index < -0.39 is 0 Å². The Morgan fingerprint density at radius 2 is 2.12 bits per heavy atom. The third kappa shape index (κ3) is 3.70. The van der Waals surface area contributed by atoms with E-state index >= 15 is 0 Å². The highest BCUT2D eigenvalue weighted by Gasteiger charge is 2.15. The third-order valence-corrected chi connectivity index (χ3v) is 5.32. The molecule has 0 atom stereocenters. The van der Waals surface area contributed by atoms with Crippen LogP contribution in [0.5, 0.6) is 0 Å². The van der Waals surface area contributed by atoms with Gasteiger partial charge in [0.2, 0.25) is 11.7 Å². The van der Waals surface area contributed by atoms with E-state index in [0.29, 0.717) is 12.4 Å². The van der Waals surface area contributed by atoms with E-state index in [-0.39, 0.29) is 12.5 Å². The van der Waals surface area contributed by atoms with Crippen molar-refractivity contribution in [2.75, 3.05) is 7.05 Å². The Kier molecular flexibility index (Phi) is 5.06. The van der Waals surface area contributed by atoms with Crippen molar-refractivity contribution in [3.63, 3.8) is 0 Å². The zero-order valence-electron chi connectivity index (χ0n) is 13.3. The van der Waals surface area contributed by atoms with E-state index in [1.165, 1.54) is 15.2 Å². The van der Waals surface area contributed by atoms with Crippen molar-refractivity contribution in [3.05, 3.63) is 50.6 Å². The van der Waals surface area contributed by atoms with Crippen LogP contribution in [0.2, 0.25) is 0 Å². The lowest BCUT2D eigenvalue weighted by molar-refractivity contribution is -0.131. The number of halogens is 1. The van der Waals surface area contributed by atoms with Gasteiger partial charge in [0.25, 0.3) is 0 Å². The van der Waals surface area contributed by atoms with Crippen LogP contribution < -0.4 is 0 Å². The maximum atomic E-state index is 12.4. The van der Waals surface area contributed by atoms with Gasteiger partial charge in [0.15, 0.2) is 0 Å². The van der Waals surface area contributed by atoms with E-state index in [9.17, 15) is 4.79 Å². The first-order valence-corrected chi connectivity index (χ1v) is 9.01. The lowest BCUT2D eigenvalue weighted by atomic mass is 10.2. The quantitative estimate of drug-likeness (QED) is 0.653. The average molecular weight is 406 g/mol. The molecule has 0 fully saturated rings. The number of benzene rings is 1. The van der Waals surface area contributed by atoms with Crippen molar-refractivity contribution in [1.29, 1.82) is 0 Å². The predicted octanol–water partition coefficient (Wildman–Crippen LogP) is 3.13. The molecule has 124 valence electrons. The maximum absolute atomic E-state index is 12.4. The number of aromatic nitrogens is 4. The van der Waals surface area contributed by atoms with Crippen LogP contribution in [0, 0.1) is 6.92 Å². The second-order valence-corrected chi connectivity index (χ2v) is 7.25. The van der Waals surface area contributed by atoms with Crippen molar-refractivity contribution in [3.8, 4) is 11.4 Å². The molecular formula is C16H16BrN5OS. The molecular weight excluding hydrogens is 390 g/mol. The molecule has 0 aliphatic rings. The third-order valence-electron chi connectivity index (χ3n) is 3.62. The summed E-state index contributed by atoms with van der Waals surface area (Å²) in [6, 6.07) is 9.70. The number of hydrogen-bond donors (Lipinski definition) is 0. The van der Waals surface area contributed by atoms with E-state index in [1.54, 1.807) is 23.3 Å². The molecule has 0 aliphatic carbocycles. The molecule has 1 amide bonds. The smallest absolute Gasteiger partial charge is 0.246 e. The van der Waals surface area contributed by atoms with E-state index in [2.05, 4.69) is 37.4 Å². The first kappa shape index (κ1) is 16.8. The maximum Gasteiger partial charge on any atom is 0.246 e. The number of hydrogen-bond acceptors (Lipinski definition) is 5. The molecule has 0 bridgehead atoms. The largest absolute Gasteiger partial charge is 0.339 e. The second-order valence-electron chi connectivity index (χ2n) is 5.40. The zero-order valence-corrected chi connectivity index (χ0v) is 15.7. The Morgan fingerprint density at radius 1 is 1.33 bits per heavy atom. The van der Waals surface area contributed by atoms with Gasteiger partial charge in [-0.25, -0.2) is 0 Å². The summed E-state index contributed by atoms with van der Waals surface area (Å²) in [5.74, 6) is 0.436. The van der Waals surface area contributed by atoms with Crippen LogP contribution in [-0.4, -0.2) is 38.1 Å². The number of tetrazole rings is 1. The summed E-state index contributed by atoms with van der Waals surface area (Å²) in [6.45, 7) is 2.71. The molecule has 3 rings (SSSR count). The van der Waals surface area contributed by atoms with Gasteiger partial charge < -0.3 is 4.90 Å². The minimum atomic E-state index is -0.0566. The van der Waals surface area contributed by atoms with Crippen molar-refractivity contribution in [2.45, 2.75) is 20.0 Å². The molecule has 0 aliphatic heterocycles. The van der Waals surface area contributed by atoms with E-state index in [0.717, 1.165) is 10.0 Å². The van der Waals surface area contributed by atoms with Crippen molar-refractivity contribution in [1.82, 2.24) is 25.1 Å². The topological polar surface area (TPSA) is 63.9 Å². The number of thiophene rings is 1. The molecule has 0 spiro atoms. The second kappa shape index (κ2) is 7.23. The fraction of sp³-hybridized carbons (Fsp3) is 0.250. The van der Waals surface area contributed by atoms with Gasteiger partial charge in [-0.05, 0) is 41.3 Å². The van der Waals surface area contributed by atoms with Crippen LogP contribution >= 0.6 is 27.3 Å². The summed E-state index contributed by atoms with van der Waals surface area (Å²) in [7, 11) is 1.78. The van der Waals surface area contributed by atoms with Gasteiger partial charge in [-0.3, -0.25) is 4.79 Å². The summed E-state index contributed by atoms with van der Waals surface area (Å²) < 4.78 is 0.890. The Labute approximate surface area is 152 Å². The molecule has 0 radical (unpaired) electrons. The standard InChI is InChI=1S/C16H16BrN5OS/c1-11-7-8-24-14(11)9-21(2)15(23)10-22-19-16(18-20-22)12-5-3-4-6-13(12)17/h3-8H,9-10H2,1-2H3. The monoisotopic (exact) mass is 405 g/mol. The average Bonchev–Trinajstić information content (AvgIpc) is 3.17. The highest BCUT2D eigenvalue weighted by atomic mass is 79.9. The number of carbonyl (C=O) groups is 1. The lowest BCUT2D eigenvalue weighted by Crippen LogP contribution is -2.30. The van der Waals surface area contributed by atoms with E-state index in [1.807, 2.05) is 36.6 Å². The highest BCUT2D eigenvalue weighted by Crippen LogP contribution is 2.24. The molecule has 0 saturated heterocycles. The first-order chi connectivity index (χ1) is 11.5. The Morgan fingerprint density at radius 3 is 2.83 bits per heavy atom. The Hall–Kier alpha value is -2.06. The van der Waals surface area contributed by atoms with Crippen LogP contribution in [0.1, 0.15) is 10.4 Å². The number of aryl methyl sites for hydroxylation is 1. The van der Waals surface area contributed by atoms with Crippen LogP contribution in [0.4, 0.5) is 0 Å². The number of likely N-dealkylation sites (N-methyl/N-ethyl adjacent to an activating group) is 1. The summed E-state index contributed by atoms with van der Waals surface area (Å²) in [5, 5.41) is 14.3. The SMILES string of the molecule is Cc1ccsc1CN(C)C(=O)Cn1nnc(-c2ccccc2Br)n1. The van der Waals surface area contributed by atoms with Gasteiger partial charge in [0, 0.05) is 22.0 Å². The normalized spacial score (nSPS) is 10.8. The molecule has 2 heterocycles. The van der Waals surface area contributed by atoms with Crippen LogP contribution in [0.15, 0.2) is 40.2 Å². The molecule has 8 heteroatoms. The summed E-state index contributed by atoms with van der Waals surface area (Å²) in [4.78, 5) is 16.6. The molecule has 0 saturated carbocycles. The number of rotatable bonds is 5. The van der Waals surface area contributed by atoms with Gasteiger partial charge in [0.05, 0.1) is 6.54 Å². The lowest BCUT2D eigenvalue weighted by Gasteiger charge is -2.16. The van der Waals surface area contributed by atoms with Gasteiger partial charge in [-0.2, -0.15) is 4.80 Å². The van der Waals surface area contributed by atoms with Crippen molar-refractivity contribution >= 4 is 33.2 Å². The van der Waals surface area contributed by atoms with Crippen LogP contribution in [0.25, 0.3) is 11.4 Å². The van der Waals surface area contributed by atoms with Gasteiger partial charge in [-0.15, -0.1) is 21.5 Å². The number of amides is 1. The van der Waals surface area contributed by atoms with Gasteiger partial charge >= 0.3 is 0 Å². The fourth-order valence-corrected chi connectivity index (χ4v) is 3.59. The summed E-state index contributed by atoms with van der Waals surface area (Å²) in [5.41, 5.74) is 2.05. The molecule has 2 aromatic heterocycles. The fourth-order valence-electron chi connectivity index (χ4n) is 2.17. The molecule has 0 unspecified atom stereocenters. The van der Waals surface area contributed by atoms with Crippen molar-refractivity contribution < 1.29 is 4.79 Å². The van der Waals surface area contributed by atoms with Gasteiger partial charge in [0.1, 0.15) is 6.54 Å².